The molecule has 0 fully saturated rings. The quantitative estimate of drug-likeness (QED) is 0.241. The number of benzene rings is 3. The van der Waals surface area contributed by atoms with Crippen LogP contribution in [0.4, 0.5) is 0 Å². The van der Waals surface area contributed by atoms with E-state index in [0.29, 0.717) is 22.1 Å². The first-order valence-electron chi connectivity index (χ1n) is 9.65. The van der Waals surface area contributed by atoms with Crippen molar-refractivity contribution in [2.75, 3.05) is 6.61 Å². The van der Waals surface area contributed by atoms with E-state index < -0.39 is 5.97 Å². The van der Waals surface area contributed by atoms with E-state index in [0.717, 1.165) is 12.0 Å². The molecule has 0 atom stereocenters. The summed E-state index contributed by atoms with van der Waals surface area (Å²) in [6.07, 6.45) is 2.43. The first kappa shape index (κ1) is 22.1. The minimum Gasteiger partial charge on any atom is -0.484 e. The molecule has 0 unspecified atom stereocenters. The number of carbonyl (C=O) groups is 2. The molecule has 1 N–H and O–H groups in total. The molecule has 0 saturated carbocycles. The number of amides is 1. The van der Waals surface area contributed by atoms with Crippen molar-refractivity contribution in [1.29, 1.82) is 0 Å². The molecule has 3 aromatic carbocycles. The van der Waals surface area contributed by atoms with E-state index in [1.54, 1.807) is 42.5 Å². The topological polar surface area (TPSA) is 77.0 Å². The molecule has 0 aliphatic heterocycles. The van der Waals surface area contributed by atoms with Crippen molar-refractivity contribution in [1.82, 2.24) is 5.43 Å². The zero-order valence-corrected chi connectivity index (χ0v) is 17.6. The van der Waals surface area contributed by atoms with E-state index in [1.807, 2.05) is 24.3 Å². The molecule has 3 aromatic rings. The SMILES string of the molecule is CCc1ccc(OCC(=O)NN=Cc2ccc(OC(=O)c3cccc(Cl)c3)cc2)cc1. The second-order valence-electron chi connectivity index (χ2n) is 6.55. The summed E-state index contributed by atoms with van der Waals surface area (Å²) in [5, 5.41) is 4.36. The Kier molecular flexibility index (Phi) is 7.79. The molecule has 0 heterocycles. The van der Waals surface area contributed by atoms with Gasteiger partial charge in [0.2, 0.25) is 0 Å². The maximum atomic E-state index is 12.1. The lowest BCUT2D eigenvalue weighted by Gasteiger charge is -2.06. The molecule has 1 amide bonds. The number of nitrogens with one attached hydrogen (secondary N) is 1. The largest absolute Gasteiger partial charge is 0.484 e. The minimum atomic E-state index is -0.500. The molecule has 0 aliphatic carbocycles. The number of hydrogen-bond donors (Lipinski definition) is 1. The van der Waals surface area contributed by atoms with E-state index >= 15 is 0 Å². The van der Waals surface area contributed by atoms with Gasteiger partial charge in [-0.05, 0) is 72.1 Å². The smallest absolute Gasteiger partial charge is 0.343 e. The van der Waals surface area contributed by atoms with E-state index in [-0.39, 0.29) is 12.5 Å². The lowest BCUT2D eigenvalue weighted by molar-refractivity contribution is -0.123. The summed E-state index contributed by atoms with van der Waals surface area (Å²) in [5.74, 6) is 0.135. The van der Waals surface area contributed by atoms with Gasteiger partial charge >= 0.3 is 5.97 Å². The normalized spacial score (nSPS) is 10.6. The van der Waals surface area contributed by atoms with Gasteiger partial charge in [-0.15, -0.1) is 0 Å². The van der Waals surface area contributed by atoms with Crippen LogP contribution < -0.4 is 14.9 Å². The summed E-state index contributed by atoms with van der Waals surface area (Å²) in [6, 6.07) is 20.8. The second kappa shape index (κ2) is 10.9. The standard InChI is InChI=1S/C24H21ClN2O4/c1-2-17-6-10-21(11-7-17)30-16-23(28)27-26-15-18-8-12-22(13-9-18)31-24(29)19-4-3-5-20(25)14-19/h3-15H,2,16H2,1H3,(H,27,28). The van der Waals surface area contributed by atoms with Crippen LogP contribution >= 0.6 is 11.6 Å². The molecule has 158 valence electrons. The molecule has 31 heavy (non-hydrogen) atoms. The van der Waals surface area contributed by atoms with Gasteiger partial charge in [0.1, 0.15) is 11.5 Å². The number of nitrogens with zero attached hydrogens (tertiary/aromatic N) is 1. The van der Waals surface area contributed by atoms with Crippen LogP contribution in [0.3, 0.4) is 0 Å². The number of esters is 1. The average Bonchev–Trinajstić information content (AvgIpc) is 2.79. The van der Waals surface area contributed by atoms with Crippen LogP contribution in [-0.4, -0.2) is 24.7 Å². The number of hydrogen-bond acceptors (Lipinski definition) is 5. The van der Waals surface area contributed by atoms with Gasteiger partial charge < -0.3 is 9.47 Å². The predicted octanol–water partition coefficient (Wildman–Crippen LogP) is 4.65. The third kappa shape index (κ3) is 6.97. The molecule has 0 radical (unpaired) electrons. The van der Waals surface area contributed by atoms with E-state index in [2.05, 4.69) is 17.5 Å². The summed E-state index contributed by atoms with van der Waals surface area (Å²) in [5.41, 5.74) is 4.69. The molecular formula is C24H21ClN2O4. The van der Waals surface area contributed by atoms with E-state index in [9.17, 15) is 9.59 Å². The van der Waals surface area contributed by atoms with Crippen molar-refractivity contribution in [3.8, 4) is 11.5 Å². The fourth-order valence-electron chi connectivity index (χ4n) is 2.58. The van der Waals surface area contributed by atoms with Gasteiger partial charge in [0.25, 0.3) is 5.91 Å². The summed E-state index contributed by atoms with van der Waals surface area (Å²) in [6.45, 7) is 1.93. The number of rotatable bonds is 8. The third-order valence-corrected chi connectivity index (χ3v) is 4.49. The van der Waals surface area contributed by atoms with Crippen LogP contribution in [0.25, 0.3) is 0 Å². The number of carbonyl (C=O) groups excluding carboxylic acids is 2. The Balaban J connectivity index is 1.45. The number of halogens is 1. The molecule has 7 heteroatoms. The Morgan fingerprint density at radius 2 is 1.71 bits per heavy atom. The monoisotopic (exact) mass is 436 g/mol. The maximum Gasteiger partial charge on any atom is 0.343 e. The van der Waals surface area contributed by atoms with Gasteiger partial charge in [0.05, 0.1) is 11.8 Å². The molecule has 0 aromatic heterocycles. The fraction of sp³-hybridized carbons (Fsp3) is 0.125. The Bertz CT molecular complexity index is 1060. The Labute approximate surface area is 185 Å². The van der Waals surface area contributed by atoms with E-state index in [4.69, 9.17) is 21.1 Å². The van der Waals surface area contributed by atoms with Crippen LogP contribution in [0, 0.1) is 0 Å². The summed E-state index contributed by atoms with van der Waals surface area (Å²) in [7, 11) is 0. The predicted molar refractivity (Wildman–Crippen MR) is 120 cm³/mol. The zero-order chi connectivity index (χ0) is 22.1. The van der Waals surface area contributed by atoms with Crippen LogP contribution in [0.5, 0.6) is 11.5 Å². The van der Waals surface area contributed by atoms with Gasteiger partial charge in [-0.1, -0.05) is 36.7 Å². The molecule has 3 rings (SSSR count). The Morgan fingerprint density at radius 1 is 1.00 bits per heavy atom. The second-order valence-corrected chi connectivity index (χ2v) is 6.98. The zero-order valence-electron chi connectivity index (χ0n) is 16.9. The van der Waals surface area contributed by atoms with Crippen LogP contribution in [0.1, 0.15) is 28.4 Å². The highest BCUT2D eigenvalue weighted by Gasteiger charge is 2.09. The lowest BCUT2D eigenvalue weighted by Crippen LogP contribution is -2.24. The van der Waals surface area contributed by atoms with Crippen molar-refractivity contribution < 1.29 is 19.1 Å². The molecule has 6 nitrogen and oxygen atoms in total. The van der Waals surface area contributed by atoms with Crippen LogP contribution in [-0.2, 0) is 11.2 Å². The van der Waals surface area contributed by atoms with Crippen LogP contribution in [0.2, 0.25) is 5.02 Å². The van der Waals surface area contributed by atoms with Gasteiger partial charge in [-0.3, -0.25) is 4.79 Å². The lowest BCUT2D eigenvalue weighted by atomic mass is 10.2. The van der Waals surface area contributed by atoms with Gasteiger partial charge in [-0.25, -0.2) is 10.2 Å². The highest BCUT2D eigenvalue weighted by molar-refractivity contribution is 6.30. The Morgan fingerprint density at radius 3 is 2.39 bits per heavy atom. The molecular weight excluding hydrogens is 416 g/mol. The number of hydrazone groups is 1. The van der Waals surface area contributed by atoms with Gasteiger partial charge in [-0.2, -0.15) is 5.10 Å². The van der Waals surface area contributed by atoms with Crippen molar-refractivity contribution in [2.45, 2.75) is 13.3 Å². The molecule has 0 aliphatic rings. The van der Waals surface area contributed by atoms with Crippen molar-refractivity contribution in [3.63, 3.8) is 0 Å². The van der Waals surface area contributed by atoms with Crippen LogP contribution in [0.15, 0.2) is 77.9 Å². The van der Waals surface area contributed by atoms with Gasteiger partial charge in [0, 0.05) is 5.02 Å². The van der Waals surface area contributed by atoms with Crippen molar-refractivity contribution in [3.05, 3.63) is 94.5 Å². The first-order valence-corrected chi connectivity index (χ1v) is 10.0. The Hall–Kier alpha value is -3.64. The summed E-state index contributed by atoms with van der Waals surface area (Å²) >= 11 is 5.89. The highest BCUT2D eigenvalue weighted by atomic mass is 35.5. The first-order chi connectivity index (χ1) is 15.0. The number of ether oxygens (including phenoxy) is 2. The molecule has 0 bridgehead atoms. The summed E-state index contributed by atoms with van der Waals surface area (Å²) in [4.78, 5) is 24.0. The molecule has 0 spiro atoms. The average molecular weight is 437 g/mol. The third-order valence-electron chi connectivity index (χ3n) is 4.26. The number of aryl methyl sites for hydroxylation is 1. The minimum absolute atomic E-state index is 0.138. The van der Waals surface area contributed by atoms with Gasteiger partial charge in [0.15, 0.2) is 6.61 Å². The van der Waals surface area contributed by atoms with Crippen molar-refractivity contribution in [2.24, 2.45) is 5.10 Å². The highest BCUT2D eigenvalue weighted by Crippen LogP contribution is 2.16. The summed E-state index contributed by atoms with van der Waals surface area (Å²) < 4.78 is 10.7. The maximum absolute atomic E-state index is 12.1. The van der Waals surface area contributed by atoms with E-state index in [1.165, 1.54) is 17.8 Å². The molecule has 0 saturated heterocycles. The fourth-order valence-corrected chi connectivity index (χ4v) is 2.77. The van der Waals surface area contributed by atoms with Crippen molar-refractivity contribution >= 4 is 29.7 Å².